The van der Waals surface area contributed by atoms with Crippen molar-refractivity contribution in [3.63, 3.8) is 0 Å². The molecular formula is C56H37N5. The quantitative estimate of drug-likeness (QED) is 0.174. The highest BCUT2D eigenvalue weighted by Crippen LogP contribution is 2.55. The van der Waals surface area contributed by atoms with E-state index in [1.165, 1.54) is 32.6 Å². The molecule has 61 heavy (non-hydrogen) atoms. The van der Waals surface area contributed by atoms with Gasteiger partial charge in [0.1, 0.15) is 5.54 Å². The third-order valence-corrected chi connectivity index (χ3v) is 12.8. The Morgan fingerprint density at radius 2 is 0.787 bits per heavy atom. The maximum atomic E-state index is 5.46. The Morgan fingerprint density at radius 3 is 1.39 bits per heavy atom. The van der Waals surface area contributed by atoms with Gasteiger partial charge in [-0.3, -0.25) is 9.47 Å². The number of benzene rings is 9. The minimum absolute atomic E-state index is 0.810. The largest absolute Gasteiger partial charge is 0.309 e. The molecular weight excluding hydrogens is 743 g/mol. The van der Waals surface area contributed by atoms with Gasteiger partial charge in [0, 0.05) is 44.2 Å². The zero-order valence-corrected chi connectivity index (χ0v) is 33.1. The lowest BCUT2D eigenvalue weighted by Gasteiger charge is -2.49. The summed E-state index contributed by atoms with van der Waals surface area (Å²) in [6.45, 7) is 0. The van der Waals surface area contributed by atoms with E-state index in [0.29, 0.717) is 0 Å². The summed E-state index contributed by atoms with van der Waals surface area (Å²) < 4.78 is 7.22. The van der Waals surface area contributed by atoms with E-state index in [1.807, 2.05) is 0 Å². The first-order valence-corrected chi connectivity index (χ1v) is 20.9. The molecule has 0 spiro atoms. The maximum Gasteiger partial charge on any atom is 0.217 e. The van der Waals surface area contributed by atoms with Crippen LogP contribution in [0.5, 0.6) is 0 Å². The average Bonchev–Trinajstić information content (AvgIpc) is 3.99. The van der Waals surface area contributed by atoms with Crippen molar-refractivity contribution >= 4 is 66.3 Å². The number of aromatic nitrogens is 4. The van der Waals surface area contributed by atoms with Crippen LogP contribution in [0, 0.1) is 0 Å². The third kappa shape index (κ3) is 4.68. The number of hydrogen-bond donors (Lipinski definition) is 0. The normalized spacial score (nSPS) is 13.3. The number of hydrogen-bond acceptors (Lipinski definition) is 2. The van der Waals surface area contributed by atoms with E-state index in [1.54, 1.807) is 0 Å². The van der Waals surface area contributed by atoms with Crippen LogP contribution in [0.25, 0.3) is 71.7 Å². The summed E-state index contributed by atoms with van der Waals surface area (Å²) in [7, 11) is 0. The van der Waals surface area contributed by atoms with Crippen LogP contribution in [0.15, 0.2) is 224 Å². The second-order valence-corrected chi connectivity index (χ2v) is 16.0. The van der Waals surface area contributed by atoms with E-state index < -0.39 is 5.54 Å². The van der Waals surface area contributed by atoms with Crippen LogP contribution in [0.4, 0.5) is 11.6 Å². The molecule has 1 aliphatic heterocycles. The summed E-state index contributed by atoms with van der Waals surface area (Å²) in [6, 6.07) is 81.5. The van der Waals surface area contributed by atoms with Crippen molar-refractivity contribution in [1.29, 1.82) is 0 Å². The summed E-state index contributed by atoms with van der Waals surface area (Å²) in [5.41, 5.74) is 13.8. The highest BCUT2D eigenvalue weighted by atomic mass is 15.4. The Hall–Kier alpha value is -8.15. The van der Waals surface area contributed by atoms with Crippen molar-refractivity contribution in [3.05, 3.63) is 241 Å². The Labute approximate surface area is 352 Å². The number of nitrogens with zero attached hydrogens (tertiary/aromatic N) is 5. The summed E-state index contributed by atoms with van der Waals surface area (Å²) >= 11 is 0. The molecule has 4 heterocycles. The highest BCUT2D eigenvalue weighted by molar-refractivity contribution is 6.12. The zero-order valence-electron chi connectivity index (χ0n) is 33.1. The molecule has 0 saturated carbocycles. The first kappa shape index (κ1) is 33.8. The van der Waals surface area contributed by atoms with Crippen LogP contribution in [-0.2, 0) is 5.54 Å². The standard InChI is InChI=1S/C56H37N5/c1-4-18-38(19-5-1)56(39-20-6-2-7-21-39)47-37-42(33-35-53(47)60-54-31-17-13-27-48(54)57-55(60)61(56)40-22-8-3-9-23-40)59-51-30-16-12-26-45(51)46-36-41(32-34-52(46)59)58-49-28-14-10-24-43(49)44-25-11-15-29-50(44)58/h1-37H. The van der Waals surface area contributed by atoms with Gasteiger partial charge in [0.25, 0.3) is 0 Å². The summed E-state index contributed by atoms with van der Waals surface area (Å²) in [5, 5.41) is 4.93. The van der Waals surface area contributed by atoms with E-state index >= 15 is 0 Å². The topological polar surface area (TPSA) is 30.9 Å². The van der Waals surface area contributed by atoms with E-state index in [2.05, 4.69) is 243 Å². The predicted molar refractivity (Wildman–Crippen MR) is 251 cm³/mol. The molecule has 0 N–H and O–H groups in total. The molecule has 0 unspecified atom stereocenters. The summed E-state index contributed by atoms with van der Waals surface area (Å²) in [6.07, 6.45) is 0. The van der Waals surface area contributed by atoms with Gasteiger partial charge in [-0.05, 0) is 90.0 Å². The summed E-state index contributed by atoms with van der Waals surface area (Å²) in [5.74, 6) is 0.870. The van der Waals surface area contributed by atoms with Crippen molar-refractivity contribution in [2.24, 2.45) is 0 Å². The molecule has 5 nitrogen and oxygen atoms in total. The SMILES string of the molecule is c1ccc(N2c3nc4ccccc4n3-c3ccc(-n4c5ccccc5c5cc(-n6c7ccccc7c7ccccc76)ccc54)cc3C2(c2ccccc2)c2ccccc2)cc1. The van der Waals surface area contributed by atoms with E-state index in [-0.39, 0.29) is 0 Å². The van der Waals surface area contributed by atoms with Crippen molar-refractivity contribution in [2.75, 3.05) is 4.90 Å². The average molecular weight is 780 g/mol. The number of rotatable bonds is 5. The maximum absolute atomic E-state index is 5.46. The Kier molecular flexibility index (Phi) is 7.16. The highest BCUT2D eigenvalue weighted by Gasteiger charge is 2.50. The van der Waals surface area contributed by atoms with Gasteiger partial charge in [-0.15, -0.1) is 0 Å². The Morgan fingerprint density at radius 1 is 0.328 bits per heavy atom. The molecule has 9 aromatic carbocycles. The first-order valence-electron chi connectivity index (χ1n) is 20.9. The van der Waals surface area contributed by atoms with Crippen LogP contribution < -0.4 is 4.90 Å². The van der Waals surface area contributed by atoms with Gasteiger partial charge < -0.3 is 9.13 Å². The lowest BCUT2D eigenvalue weighted by atomic mass is 9.73. The molecule has 0 fully saturated rings. The molecule has 286 valence electrons. The molecule has 12 aromatic rings. The molecule has 5 heteroatoms. The molecule has 0 radical (unpaired) electrons. The minimum atomic E-state index is -0.810. The van der Waals surface area contributed by atoms with Crippen molar-refractivity contribution in [3.8, 4) is 17.1 Å². The fraction of sp³-hybridized carbons (Fsp3) is 0.0179. The predicted octanol–water partition coefficient (Wildman–Crippen LogP) is 13.7. The van der Waals surface area contributed by atoms with Crippen LogP contribution in [0.3, 0.4) is 0 Å². The van der Waals surface area contributed by atoms with Crippen molar-refractivity contribution in [1.82, 2.24) is 18.7 Å². The number of para-hydroxylation sites is 6. The van der Waals surface area contributed by atoms with Crippen molar-refractivity contribution < 1.29 is 0 Å². The number of anilines is 2. The fourth-order valence-corrected chi connectivity index (χ4v) is 10.4. The second kappa shape index (κ2) is 12.9. The van der Waals surface area contributed by atoms with Gasteiger partial charge in [-0.2, -0.15) is 0 Å². The van der Waals surface area contributed by atoms with Gasteiger partial charge >= 0.3 is 0 Å². The Balaban J connectivity index is 1.13. The van der Waals surface area contributed by atoms with Crippen LogP contribution >= 0.6 is 0 Å². The van der Waals surface area contributed by atoms with Gasteiger partial charge in [-0.1, -0.05) is 146 Å². The van der Waals surface area contributed by atoms with Gasteiger partial charge in [-0.25, -0.2) is 4.98 Å². The van der Waals surface area contributed by atoms with Gasteiger partial charge in [0.15, 0.2) is 0 Å². The molecule has 0 amide bonds. The first-order chi connectivity index (χ1) is 30.3. The lowest BCUT2D eigenvalue weighted by Crippen LogP contribution is -2.49. The molecule has 0 atom stereocenters. The lowest BCUT2D eigenvalue weighted by molar-refractivity contribution is 0.588. The molecule has 0 bridgehead atoms. The fourth-order valence-electron chi connectivity index (χ4n) is 10.4. The summed E-state index contributed by atoms with van der Waals surface area (Å²) in [4.78, 5) is 7.93. The van der Waals surface area contributed by atoms with E-state index in [9.17, 15) is 0 Å². The van der Waals surface area contributed by atoms with Gasteiger partial charge in [0.2, 0.25) is 5.95 Å². The van der Waals surface area contributed by atoms with Crippen molar-refractivity contribution in [2.45, 2.75) is 5.54 Å². The minimum Gasteiger partial charge on any atom is -0.309 e. The van der Waals surface area contributed by atoms with E-state index in [4.69, 9.17) is 4.98 Å². The Bertz CT molecular complexity index is 3560. The second-order valence-electron chi connectivity index (χ2n) is 16.0. The molecule has 0 saturated heterocycles. The third-order valence-electron chi connectivity index (χ3n) is 12.8. The molecule has 3 aromatic heterocycles. The van der Waals surface area contributed by atoms with Gasteiger partial charge in [0.05, 0.1) is 38.8 Å². The monoisotopic (exact) mass is 779 g/mol. The number of imidazole rings is 1. The smallest absolute Gasteiger partial charge is 0.217 e. The van der Waals surface area contributed by atoms with Crippen LogP contribution in [-0.4, -0.2) is 18.7 Å². The number of fused-ring (bicyclic) bond motifs is 11. The van der Waals surface area contributed by atoms with Crippen LogP contribution in [0.1, 0.15) is 16.7 Å². The van der Waals surface area contributed by atoms with Crippen LogP contribution in [0.2, 0.25) is 0 Å². The molecule has 13 rings (SSSR count). The van der Waals surface area contributed by atoms with E-state index in [0.717, 1.165) is 67.5 Å². The molecule has 1 aliphatic rings. The molecule has 0 aliphatic carbocycles. The zero-order chi connectivity index (χ0) is 40.1.